The molecule has 0 radical (unpaired) electrons. The second-order valence-electron chi connectivity index (χ2n) is 5.42. The summed E-state index contributed by atoms with van der Waals surface area (Å²) in [7, 11) is 1.58. The van der Waals surface area contributed by atoms with Gasteiger partial charge in [-0.2, -0.15) is 0 Å². The Morgan fingerprint density at radius 3 is 3.09 bits per heavy atom. The van der Waals surface area contributed by atoms with Crippen molar-refractivity contribution >= 4 is 5.97 Å². The molecule has 0 N–H and O–H groups in total. The molecule has 0 saturated carbocycles. The molecule has 1 aromatic carbocycles. The van der Waals surface area contributed by atoms with Gasteiger partial charge in [0.15, 0.2) is 0 Å². The number of ether oxygens (including phenoxy) is 2. The van der Waals surface area contributed by atoms with Crippen LogP contribution in [0.1, 0.15) is 40.5 Å². The summed E-state index contributed by atoms with van der Waals surface area (Å²) in [5.74, 6) is -0.349. The minimum absolute atomic E-state index is 0.150. The first-order valence-electron chi connectivity index (χ1n) is 7.57. The number of fused-ring (bicyclic) bond motifs is 1. The molecule has 5 heteroatoms. The molecule has 116 valence electrons. The molecule has 0 aliphatic heterocycles. The first-order valence-corrected chi connectivity index (χ1v) is 7.57. The topological polar surface area (TPSA) is 53.4 Å². The Morgan fingerprint density at radius 1 is 1.36 bits per heavy atom. The minimum atomic E-state index is -0.349. The predicted octanol–water partition coefficient (Wildman–Crippen LogP) is 2.61. The van der Waals surface area contributed by atoms with Gasteiger partial charge in [0.05, 0.1) is 25.2 Å². The van der Waals surface area contributed by atoms with Gasteiger partial charge < -0.3 is 14.0 Å². The Labute approximate surface area is 129 Å². The van der Waals surface area contributed by atoms with Gasteiger partial charge in [-0.25, -0.2) is 9.78 Å². The molecule has 1 atom stereocenters. The van der Waals surface area contributed by atoms with Gasteiger partial charge in [0.2, 0.25) is 0 Å². The highest BCUT2D eigenvalue weighted by Crippen LogP contribution is 2.33. The van der Waals surface area contributed by atoms with E-state index in [2.05, 4.69) is 23.2 Å². The molecule has 3 rings (SSSR count). The molecule has 0 saturated heterocycles. The Balaban J connectivity index is 1.85. The number of hydrogen-bond donors (Lipinski definition) is 0. The third-order valence-corrected chi connectivity index (χ3v) is 4.07. The molecule has 1 aliphatic carbocycles. The van der Waals surface area contributed by atoms with E-state index in [9.17, 15) is 4.79 Å². The Hall–Kier alpha value is -2.14. The number of rotatable bonds is 5. The molecule has 1 aliphatic rings. The van der Waals surface area contributed by atoms with Crippen molar-refractivity contribution < 1.29 is 14.3 Å². The molecule has 1 heterocycles. The molecule has 1 aromatic heterocycles. The van der Waals surface area contributed by atoms with Crippen LogP contribution in [0.15, 0.2) is 36.8 Å². The number of esters is 1. The van der Waals surface area contributed by atoms with Crippen molar-refractivity contribution in [3.05, 3.63) is 53.6 Å². The summed E-state index contributed by atoms with van der Waals surface area (Å²) < 4.78 is 12.1. The molecule has 1 unspecified atom stereocenters. The molecular formula is C17H20N2O3. The lowest BCUT2D eigenvalue weighted by molar-refractivity contribution is 0.0374. The Kier molecular flexibility index (Phi) is 4.53. The zero-order chi connectivity index (χ0) is 15.4. The number of methoxy groups -OCH3 is 1. The molecule has 0 fully saturated rings. The zero-order valence-electron chi connectivity index (χ0n) is 12.7. The van der Waals surface area contributed by atoms with Gasteiger partial charge in [-0.15, -0.1) is 0 Å². The number of aromatic nitrogens is 2. The van der Waals surface area contributed by atoms with Crippen LogP contribution < -0.4 is 0 Å². The highest BCUT2D eigenvalue weighted by Gasteiger charge is 2.25. The van der Waals surface area contributed by atoms with Crippen LogP contribution >= 0.6 is 0 Å². The van der Waals surface area contributed by atoms with Crippen LogP contribution in [0.4, 0.5) is 0 Å². The first kappa shape index (κ1) is 14.8. The van der Waals surface area contributed by atoms with Gasteiger partial charge in [-0.1, -0.05) is 24.3 Å². The third kappa shape index (κ3) is 2.90. The zero-order valence-corrected chi connectivity index (χ0v) is 12.7. The highest BCUT2D eigenvalue weighted by atomic mass is 16.6. The maximum absolute atomic E-state index is 12.2. The molecular weight excluding hydrogens is 280 g/mol. The number of aryl methyl sites for hydroxylation is 1. The van der Waals surface area contributed by atoms with E-state index in [1.54, 1.807) is 19.6 Å². The van der Waals surface area contributed by atoms with E-state index >= 15 is 0 Å². The van der Waals surface area contributed by atoms with Crippen LogP contribution in [-0.2, 0) is 15.9 Å². The normalized spacial score (nSPS) is 17.0. The lowest BCUT2D eigenvalue weighted by Crippen LogP contribution is -2.21. The first-order chi connectivity index (χ1) is 10.8. The van der Waals surface area contributed by atoms with E-state index in [0.717, 1.165) is 19.3 Å². The van der Waals surface area contributed by atoms with Crippen molar-refractivity contribution in [2.75, 3.05) is 20.3 Å². The average Bonchev–Trinajstić information content (AvgIpc) is 3.04. The van der Waals surface area contributed by atoms with E-state index in [4.69, 9.17) is 9.47 Å². The standard InChI is InChI=1S/C17H20N2O3/c1-21-9-10-22-17(20)16-11-18-12-19(16)15-8-4-6-13-5-2-3-7-14(13)15/h2-3,5,7,11-12,15H,4,6,8-10H2,1H3. The summed E-state index contributed by atoms with van der Waals surface area (Å²) in [5.41, 5.74) is 3.13. The van der Waals surface area contributed by atoms with Gasteiger partial charge in [0.25, 0.3) is 0 Å². The molecule has 0 bridgehead atoms. The van der Waals surface area contributed by atoms with E-state index < -0.39 is 0 Å². The quantitative estimate of drug-likeness (QED) is 0.629. The smallest absolute Gasteiger partial charge is 0.356 e. The number of carbonyl (C=O) groups is 1. The van der Waals surface area contributed by atoms with Crippen molar-refractivity contribution in [2.24, 2.45) is 0 Å². The lowest BCUT2D eigenvalue weighted by Gasteiger charge is -2.27. The monoisotopic (exact) mass is 300 g/mol. The van der Waals surface area contributed by atoms with Gasteiger partial charge in [-0.3, -0.25) is 0 Å². The van der Waals surface area contributed by atoms with Crippen LogP contribution in [0.25, 0.3) is 0 Å². The van der Waals surface area contributed by atoms with Crippen molar-refractivity contribution in [1.29, 1.82) is 0 Å². The van der Waals surface area contributed by atoms with Gasteiger partial charge >= 0.3 is 5.97 Å². The maximum atomic E-state index is 12.2. The average molecular weight is 300 g/mol. The van der Waals surface area contributed by atoms with Crippen LogP contribution in [0.3, 0.4) is 0 Å². The van der Waals surface area contributed by atoms with Crippen molar-refractivity contribution in [2.45, 2.75) is 25.3 Å². The second-order valence-corrected chi connectivity index (χ2v) is 5.42. The fourth-order valence-corrected chi connectivity index (χ4v) is 3.02. The van der Waals surface area contributed by atoms with Crippen molar-refractivity contribution in [1.82, 2.24) is 9.55 Å². The predicted molar refractivity (Wildman–Crippen MR) is 81.9 cm³/mol. The highest BCUT2D eigenvalue weighted by molar-refractivity contribution is 5.87. The molecule has 5 nitrogen and oxygen atoms in total. The number of carbonyl (C=O) groups excluding carboxylic acids is 1. The summed E-state index contributed by atoms with van der Waals surface area (Å²) in [6, 6.07) is 8.56. The molecule has 2 aromatic rings. The van der Waals surface area contributed by atoms with Gasteiger partial charge in [0, 0.05) is 7.11 Å². The lowest BCUT2D eigenvalue weighted by atomic mass is 9.87. The van der Waals surface area contributed by atoms with Crippen LogP contribution in [0.5, 0.6) is 0 Å². The van der Waals surface area contributed by atoms with E-state index in [1.807, 2.05) is 10.6 Å². The van der Waals surface area contributed by atoms with Crippen molar-refractivity contribution in [3.63, 3.8) is 0 Å². The van der Waals surface area contributed by atoms with Crippen LogP contribution in [0.2, 0.25) is 0 Å². The summed E-state index contributed by atoms with van der Waals surface area (Å²) in [4.78, 5) is 16.4. The SMILES string of the molecule is COCCOC(=O)c1cncn1C1CCCc2ccccc21. The molecule has 0 amide bonds. The van der Waals surface area contributed by atoms with Gasteiger partial charge in [0.1, 0.15) is 12.3 Å². The van der Waals surface area contributed by atoms with Crippen LogP contribution in [-0.4, -0.2) is 35.8 Å². The summed E-state index contributed by atoms with van der Waals surface area (Å²) in [6.45, 7) is 0.647. The fraction of sp³-hybridized carbons (Fsp3) is 0.412. The fourth-order valence-electron chi connectivity index (χ4n) is 3.02. The third-order valence-electron chi connectivity index (χ3n) is 4.07. The Morgan fingerprint density at radius 2 is 2.23 bits per heavy atom. The maximum Gasteiger partial charge on any atom is 0.356 e. The Bertz CT molecular complexity index is 651. The second kappa shape index (κ2) is 6.75. The minimum Gasteiger partial charge on any atom is -0.459 e. The van der Waals surface area contributed by atoms with Crippen molar-refractivity contribution in [3.8, 4) is 0 Å². The van der Waals surface area contributed by atoms with E-state index in [0.29, 0.717) is 12.3 Å². The number of hydrogen-bond acceptors (Lipinski definition) is 4. The molecule has 0 spiro atoms. The summed E-state index contributed by atoms with van der Waals surface area (Å²) in [5, 5.41) is 0. The van der Waals surface area contributed by atoms with Crippen LogP contribution in [0, 0.1) is 0 Å². The number of benzene rings is 1. The number of nitrogens with zero attached hydrogens (tertiary/aromatic N) is 2. The molecule has 22 heavy (non-hydrogen) atoms. The summed E-state index contributed by atoms with van der Waals surface area (Å²) >= 11 is 0. The van der Waals surface area contributed by atoms with E-state index in [-0.39, 0.29) is 18.6 Å². The largest absolute Gasteiger partial charge is 0.459 e. The number of imidazole rings is 1. The summed E-state index contributed by atoms with van der Waals surface area (Å²) in [6.07, 6.45) is 6.50. The van der Waals surface area contributed by atoms with Gasteiger partial charge in [-0.05, 0) is 30.4 Å². The van der Waals surface area contributed by atoms with E-state index in [1.165, 1.54) is 11.1 Å².